The normalized spacial score (nSPS) is 27.2. The molecule has 2 unspecified atom stereocenters. The number of rotatable bonds is 0. The fourth-order valence-electron chi connectivity index (χ4n) is 2.63. The van der Waals surface area contributed by atoms with Gasteiger partial charge in [-0.1, -0.05) is 19.1 Å². The number of aliphatic hydroxyl groups excluding tert-OH is 1. The Labute approximate surface area is 99.7 Å². The van der Waals surface area contributed by atoms with Crippen molar-refractivity contribution in [2.24, 2.45) is 5.92 Å². The number of hydrogen-bond acceptors (Lipinski definition) is 3. The molecule has 0 spiro atoms. The molecular formula is C14H14O3. The molecule has 3 nitrogen and oxygen atoms in total. The highest BCUT2D eigenvalue weighted by molar-refractivity contribution is 6.04. The molecule has 0 radical (unpaired) electrons. The largest absolute Gasteiger partial charge is 0.507 e. The molecule has 0 amide bonds. The van der Waals surface area contributed by atoms with Crippen molar-refractivity contribution in [3.63, 3.8) is 0 Å². The van der Waals surface area contributed by atoms with E-state index in [1.807, 2.05) is 25.1 Å². The van der Waals surface area contributed by atoms with E-state index in [-0.39, 0.29) is 17.6 Å². The highest BCUT2D eigenvalue weighted by atomic mass is 16.5. The van der Waals surface area contributed by atoms with Crippen molar-refractivity contribution in [2.45, 2.75) is 25.9 Å². The number of ketones is 1. The van der Waals surface area contributed by atoms with Gasteiger partial charge in [-0.05, 0) is 24.5 Å². The number of Topliss-reactive ketones (excluding diaryl/α,β-unsaturated/α-hetero) is 1. The molecule has 1 saturated carbocycles. The van der Waals surface area contributed by atoms with Gasteiger partial charge in [0.1, 0.15) is 17.6 Å². The van der Waals surface area contributed by atoms with Gasteiger partial charge in [-0.25, -0.2) is 0 Å². The van der Waals surface area contributed by atoms with Crippen LogP contribution in [0.25, 0.3) is 5.76 Å². The van der Waals surface area contributed by atoms with E-state index >= 15 is 0 Å². The molecule has 1 N–H and O–H groups in total. The first-order valence-electron chi connectivity index (χ1n) is 5.89. The molecule has 3 heteroatoms. The maximum Gasteiger partial charge on any atom is 0.166 e. The number of ether oxygens (including phenoxy) is 1. The van der Waals surface area contributed by atoms with Crippen LogP contribution in [0.3, 0.4) is 0 Å². The number of carbonyl (C=O) groups excluding carboxylic acids is 1. The van der Waals surface area contributed by atoms with E-state index in [9.17, 15) is 9.90 Å². The molecule has 0 aromatic heterocycles. The molecule has 0 bridgehead atoms. The zero-order valence-electron chi connectivity index (χ0n) is 9.64. The maximum absolute atomic E-state index is 12.0. The van der Waals surface area contributed by atoms with Gasteiger partial charge in [0.25, 0.3) is 0 Å². The monoisotopic (exact) mass is 230 g/mol. The van der Waals surface area contributed by atoms with Gasteiger partial charge < -0.3 is 9.84 Å². The van der Waals surface area contributed by atoms with Crippen LogP contribution in [0, 0.1) is 5.92 Å². The molecule has 2 atom stereocenters. The van der Waals surface area contributed by atoms with Crippen LogP contribution >= 0.6 is 0 Å². The molecule has 1 heterocycles. The molecule has 1 aromatic rings. The molecule has 88 valence electrons. The van der Waals surface area contributed by atoms with Gasteiger partial charge in [0.2, 0.25) is 0 Å². The molecule has 1 fully saturated rings. The predicted octanol–water partition coefficient (Wildman–Crippen LogP) is 2.72. The van der Waals surface area contributed by atoms with E-state index in [2.05, 4.69) is 0 Å². The minimum atomic E-state index is -0.277. The quantitative estimate of drug-likeness (QED) is 0.745. The molecular weight excluding hydrogens is 216 g/mol. The zero-order valence-corrected chi connectivity index (χ0v) is 9.64. The summed E-state index contributed by atoms with van der Waals surface area (Å²) in [6, 6.07) is 7.30. The minimum absolute atomic E-state index is 0.0146. The zero-order chi connectivity index (χ0) is 12.0. The lowest BCUT2D eigenvalue weighted by Crippen LogP contribution is -2.36. The van der Waals surface area contributed by atoms with Crippen LogP contribution < -0.4 is 4.74 Å². The fourth-order valence-corrected chi connectivity index (χ4v) is 2.63. The maximum atomic E-state index is 12.0. The summed E-state index contributed by atoms with van der Waals surface area (Å²) in [6.45, 7) is 2.04. The summed E-state index contributed by atoms with van der Waals surface area (Å²) < 4.78 is 5.81. The number of para-hydroxylation sites is 1. The van der Waals surface area contributed by atoms with Crippen molar-refractivity contribution < 1.29 is 14.6 Å². The van der Waals surface area contributed by atoms with Gasteiger partial charge in [-0.15, -0.1) is 0 Å². The average molecular weight is 230 g/mol. The lowest BCUT2D eigenvalue weighted by molar-refractivity contribution is -0.118. The molecule has 2 aliphatic rings. The van der Waals surface area contributed by atoms with Crippen molar-refractivity contribution in [2.75, 3.05) is 0 Å². The molecule has 0 saturated heterocycles. The summed E-state index contributed by atoms with van der Waals surface area (Å²) in [5.41, 5.74) is 1.09. The van der Waals surface area contributed by atoms with Crippen molar-refractivity contribution in [1.82, 2.24) is 0 Å². The van der Waals surface area contributed by atoms with E-state index in [1.54, 1.807) is 6.07 Å². The second kappa shape index (κ2) is 3.62. The molecule has 17 heavy (non-hydrogen) atoms. The Hall–Kier alpha value is -1.77. The SMILES string of the molecule is CC1CC(=O)C2=C(O)c3ccccc3OC2C1. The van der Waals surface area contributed by atoms with Crippen molar-refractivity contribution >= 4 is 11.5 Å². The molecule has 1 aliphatic heterocycles. The van der Waals surface area contributed by atoms with Gasteiger partial charge in [0.15, 0.2) is 5.78 Å². The lowest BCUT2D eigenvalue weighted by Gasteiger charge is -2.33. The molecule has 1 aromatic carbocycles. The van der Waals surface area contributed by atoms with Crippen LogP contribution in [0.5, 0.6) is 5.75 Å². The second-order valence-electron chi connectivity index (χ2n) is 4.83. The van der Waals surface area contributed by atoms with Gasteiger partial charge in [-0.3, -0.25) is 4.79 Å². The summed E-state index contributed by atoms with van der Waals surface area (Å²) >= 11 is 0. The Kier molecular flexibility index (Phi) is 2.21. The summed E-state index contributed by atoms with van der Waals surface area (Å²) in [4.78, 5) is 12.0. The van der Waals surface area contributed by atoms with Crippen LogP contribution in [0.1, 0.15) is 25.3 Å². The van der Waals surface area contributed by atoms with Crippen LogP contribution in [0.15, 0.2) is 29.8 Å². The van der Waals surface area contributed by atoms with Crippen LogP contribution in [-0.2, 0) is 4.79 Å². The van der Waals surface area contributed by atoms with Crippen LogP contribution in [0.4, 0.5) is 0 Å². The minimum Gasteiger partial charge on any atom is -0.507 e. The average Bonchev–Trinajstić information content (AvgIpc) is 2.28. The predicted molar refractivity (Wildman–Crippen MR) is 63.8 cm³/mol. The summed E-state index contributed by atoms with van der Waals surface area (Å²) in [5, 5.41) is 10.2. The first-order chi connectivity index (χ1) is 8.16. The molecule has 1 aliphatic carbocycles. The topological polar surface area (TPSA) is 46.5 Å². The third kappa shape index (κ3) is 1.54. The first-order valence-corrected chi connectivity index (χ1v) is 5.89. The Morgan fingerprint density at radius 3 is 2.94 bits per heavy atom. The van der Waals surface area contributed by atoms with E-state index in [0.717, 1.165) is 6.42 Å². The number of benzene rings is 1. The van der Waals surface area contributed by atoms with E-state index in [4.69, 9.17) is 4.74 Å². The van der Waals surface area contributed by atoms with Crippen molar-refractivity contribution in [3.8, 4) is 5.75 Å². The second-order valence-corrected chi connectivity index (χ2v) is 4.83. The standard InChI is InChI=1S/C14H14O3/c1-8-6-10(15)13-12(7-8)17-11-5-3-2-4-9(11)14(13)16/h2-5,8,12,16H,6-7H2,1H3. The highest BCUT2D eigenvalue weighted by Crippen LogP contribution is 2.40. The number of fused-ring (bicyclic) bond motifs is 2. The first kappa shape index (κ1) is 10.4. The summed E-state index contributed by atoms with van der Waals surface area (Å²) in [7, 11) is 0. The van der Waals surface area contributed by atoms with Crippen LogP contribution in [-0.4, -0.2) is 17.0 Å². The van der Waals surface area contributed by atoms with Gasteiger partial charge in [0, 0.05) is 6.42 Å². The Bertz CT molecular complexity index is 516. The third-order valence-electron chi connectivity index (χ3n) is 3.44. The van der Waals surface area contributed by atoms with Gasteiger partial charge in [0.05, 0.1) is 11.1 Å². The summed E-state index contributed by atoms with van der Waals surface area (Å²) in [5.74, 6) is 1.10. The van der Waals surface area contributed by atoms with Crippen LogP contribution in [0.2, 0.25) is 0 Å². The Balaban J connectivity index is 2.14. The van der Waals surface area contributed by atoms with Crippen molar-refractivity contribution in [3.05, 3.63) is 35.4 Å². The smallest absolute Gasteiger partial charge is 0.166 e. The fraction of sp³-hybridized carbons (Fsp3) is 0.357. The number of aliphatic hydroxyl groups is 1. The highest BCUT2D eigenvalue weighted by Gasteiger charge is 2.38. The van der Waals surface area contributed by atoms with E-state index in [0.29, 0.717) is 29.2 Å². The molecule has 3 rings (SSSR count). The van der Waals surface area contributed by atoms with Crippen molar-refractivity contribution in [1.29, 1.82) is 0 Å². The van der Waals surface area contributed by atoms with E-state index in [1.165, 1.54) is 0 Å². The third-order valence-corrected chi connectivity index (χ3v) is 3.44. The van der Waals surface area contributed by atoms with Gasteiger partial charge in [-0.2, -0.15) is 0 Å². The number of hydrogen-bond donors (Lipinski definition) is 1. The van der Waals surface area contributed by atoms with Gasteiger partial charge >= 0.3 is 0 Å². The Morgan fingerprint density at radius 1 is 1.35 bits per heavy atom. The Morgan fingerprint density at radius 2 is 2.12 bits per heavy atom. The lowest BCUT2D eigenvalue weighted by atomic mass is 9.81. The number of carbonyl (C=O) groups is 1. The summed E-state index contributed by atoms with van der Waals surface area (Å²) in [6.07, 6.45) is 1.02. The van der Waals surface area contributed by atoms with E-state index < -0.39 is 0 Å².